The van der Waals surface area contributed by atoms with E-state index >= 15 is 0 Å². The summed E-state index contributed by atoms with van der Waals surface area (Å²) in [6.45, 7) is 6.06. The minimum absolute atomic E-state index is 0.0631. The summed E-state index contributed by atoms with van der Waals surface area (Å²) in [5.74, 6) is 0.0631. The number of nitrogens with zero attached hydrogens (tertiary/aromatic N) is 1. The third kappa shape index (κ3) is 5.01. The van der Waals surface area contributed by atoms with Crippen LogP contribution in [0.2, 0.25) is 0 Å². The second-order valence-corrected chi connectivity index (χ2v) is 8.69. The van der Waals surface area contributed by atoms with Crippen molar-refractivity contribution in [2.75, 3.05) is 25.9 Å². The first-order valence-electron chi connectivity index (χ1n) is 8.18. The summed E-state index contributed by atoms with van der Waals surface area (Å²) in [5, 5.41) is 11.3. The molecule has 0 radical (unpaired) electrons. The van der Waals surface area contributed by atoms with Gasteiger partial charge in [0.25, 0.3) is 0 Å². The number of hydrogen-bond donors (Lipinski definition) is 2. The van der Waals surface area contributed by atoms with Gasteiger partial charge < -0.3 is 5.11 Å². The summed E-state index contributed by atoms with van der Waals surface area (Å²) in [7, 11) is -3.20. The summed E-state index contributed by atoms with van der Waals surface area (Å²) in [6, 6.07) is 9.65. The van der Waals surface area contributed by atoms with Crippen molar-refractivity contribution >= 4 is 10.0 Å². The fourth-order valence-electron chi connectivity index (χ4n) is 3.27. The number of aliphatic hydroxyl groups is 1. The van der Waals surface area contributed by atoms with E-state index in [0.717, 1.165) is 24.9 Å². The van der Waals surface area contributed by atoms with E-state index in [1.807, 2.05) is 44.2 Å². The number of benzene rings is 1. The van der Waals surface area contributed by atoms with Gasteiger partial charge >= 0.3 is 0 Å². The predicted octanol–water partition coefficient (Wildman–Crippen LogP) is 1.54. The number of rotatable bonds is 6. The van der Waals surface area contributed by atoms with Crippen LogP contribution in [0.3, 0.4) is 0 Å². The standard InChI is InChI=1S/C17H28N2O3S/c1-14(2)17(20,15-8-5-4-6-9-15)13-19-11-7-10-16(12-19)18-23(3,21)22/h4-6,8-9,14,16,18,20H,7,10-13H2,1-3H3/t16-,17-/m1/s1. The Morgan fingerprint density at radius 2 is 2.00 bits per heavy atom. The molecule has 5 nitrogen and oxygen atoms in total. The zero-order valence-corrected chi connectivity index (χ0v) is 15.0. The molecule has 0 saturated carbocycles. The quantitative estimate of drug-likeness (QED) is 0.824. The number of likely N-dealkylation sites (tertiary alicyclic amines) is 1. The molecular formula is C17H28N2O3S. The van der Waals surface area contributed by atoms with E-state index in [4.69, 9.17) is 0 Å². The molecule has 0 bridgehead atoms. The van der Waals surface area contributed by atoms with Gasteiger partial charge in [0, 0.05) is 19.1 Å². The molecule has 0 spiro atoms. The molecule has 1 heterocycles. The van der Waals surface area contributed by atoms with E-state index in [1.54, 1.807) is 0 Å². The van der Waals surface area contributed by atoms with E-state index in [-0.39, 0.29) is 12.0 Å². The molecule has 130 valence electrons. The summed E-state index contributed by atoms with van der Waals surface area (Å²) in [6.07, 6.45) is 2.96. The molecule has 6 heteroatoms. The zero-order valence-electron chi connectivity index (χ0n) is 14.2. The molecule has 1 fully saturated rings. The Bertz CT molecular complexity index is 604. The van der Waals surface area contributed by atoms with Crippen LogP contribution in [0, 0.1) is 5.92 Å². The van der Waals surface area contributed by atoms with Crippen LogP contribution in [0.5, 0.6) is 0 Å². The highest BCUT2D eigenvalue weighted by Gasteiger charge is 2.36. The molecule has 0 aliphatic carbocycles. The lowest BCUT2D eigenvalue weighted by Crippen LogP contribution is -2.52. The highest BCUT2D eigenvalue weighted by Crippen LogP contribution is 2.31. The van der Waals surface area contributed by atoms with E-state index < -0.39 is 15.6 Å². The van der Waals surface area contributed by atoms with Gasteiger partial charge in [0.15, 0.2) is 0 Å². The summed E-state index contributed by atoms with van der Waals surface area (Å²) < 4.78 is 25.6. The Balaban J connectivity index is 2.11. The van der Waals surface area contributed by atoms with Crippen LogP contribution in [0.4, 0.5) is 0 Å². The third-order valence-corrected chi connectivity index (χ3v) is 5.34. The number of piperidine rings is 1. The van der Waals surface area contributed by atoms with Gasteiger partial charge in [-0.15, -0.1) is 0 Å². The monoisotopic (exact) mass is 340 g/mol. The lowest BCUT2D eigenvalue weighted by molar-refractivity contribution is -0.0455. The molecule has 1 aliphatic rings. The van der Waals surface area contributed by atoms with Crippen LogP contribution < -0.4 is 4.72 Å². The summed E-state index contributed by atoms with van der Waals surface area (Å²) in [5.41, 5.74) is -0.0259. The van der Waals surface area contributed by atoms with Crippen LogP contribution in [0.1, 0.15) is 32.3 Å². The normalized spacial score (nSPS) is 22.9. The Morgan fingerprint density at radius 3 is 2.57 bits per heavy atom. The number of sulfonamides is 1. The largest absolute Gasteiger partial charge is 0.384 e. The van der Waals surface area contributed by atoms with Crippen molar-refractivity contribution in [3.05, 3.63) is 35.9 Å². The van der Waals surface area contributed by atoms with E-state index in [0.29, 0.717) is 13.1 Å². The second-order valence-electron chi connectivity index (χ2n) is 6.91. The molecule has 2 rings (SSSR count). The number of hydrogen-bond acceptors (Lipinski definition) is 4. The van der Waals surface area contributed by atoms with Crippen LogP contribution in [-0.2, 0) is 15.6 Å². The minimum atomic E-state index is -3.20. The lowest BCUT2D eigenvalue weighted by Gasteiger charge is -2.41. The van der Waals surface area contributed by atoms with E-state index in [2.05, 4.69) is 9.62 Å². The first-order valence-corrected chi connectivity index (χ1v) is 10.1. The van der Waals surface area contributed by atoms with Gasteiger partial charge in [0.05, 0.1) is 6.26 Å². The van der Waals surface area contributed by atoms with Crippen molar-refractivity contribution in [1.82, 2.24) is 9.62 Å². The molecule has 1 aliphatic heterocycles. The van der Waals surface area contributed by atoms with E-state index in [9.17, 15) is 13.5 Å². The summed E-state index contributed by atoms with van der Waals surface area (Å²) >= 11 is 0. The summed E-state index contributed by atoms with van der Waals surface area (Å²) in [4.78, 5) is 2.17. The molecule has 0 amide bonds. The number of nitrogens with one attached hydrogen (secondary N) is 1. The van der Waals surface area contributed by atoms with Crippen molar-refractivity contribution in [3.8, 4) is 0 Å². The molecule has 1 aromatic carbocycles. The molecular weight excluding hydrogens is 312 g/mol. The first kappa shape index (κ1) is 18.4. The van der Waals surface area contributed by atoms with Crippen LogP contribution in [0.25, 0.3) is 0 Å². The lowest BCUT2D eigenvalue weighted by atomic mass is 9.82. The van der Waals surface area contributed by atoms with Crippen LogP contribution in [0.15, 0.2) is 30.3 Å². The molecule has 2 N–H and O–H groups in total. The maximum absolute atomic E-state index is 11.4. The van der Waals surface area contributed by atoms with Gasteiger partial charge in [-0.1, -0.05) is 44.2 Å². The topological polar surface area (TPSA) is 69.6 Å². The molecule has 2 atom stereocenters. The highest BCUT2D eigenvalue weighted by molar-refractivity contribution is 7.88. The average molecular weight is 340 g/mol. The predicted molar refractivity (Wildman–Crippen MR) is 92.6 cm³/mol. The van der Waals surface area contributed by atoms with Gasteiger partial charge in [-0.3, -0.25) is 4.90 Å². The average Bonchev–Trinajstić information content (AvgIpc) is 2.46. The molecule has 1 saturated heterocycles. The maximum Gasteiger partial charge on any atom is 0.208 e. The van der Waals surface area contributed by atoms with Gasteiger partial charge in [-0.2, -0.15) is 0 Å². The Morgan fingerprint density at radius 1 is 1.35 bits per heavy atom. The van der Waals surface area contributed by atoms with Crippen LogP contribution >= 0.6 is 0 Å². The van der Waals surface area contributed by atoms with Gasteiger partial charge in [0.2, 0.25) is 10.0 Å². The fourth-order valence-corrected chi connectivity index (χ4v) is 4.07. The minimum Gasteiger partial charge on any atom is -0.384 e. The number of β-amino-alcohol motifs (C(OH)–C–C–N with tert-alkyl or cyclic N) is 1. The highest BCUT2D eigenvalue weighted by atomic mass is 32.2. The van der Waals surface area contributed by atoms with Crippen molar-refractivity contribution in [3.63, 3.8) is 0 Å². The smallest absolute Gasteiger partial charge is 0.208 e. The second kappa shape index (κ2) is 7.30. The van der Waals surface area contributed by atoms with Crippen LogP contribution in [-0.4, -0.2) is 50.4 Å². The van der Waals surface area contributed by atoms with Crippen molar-refractivity contribution < 1.29 is 13.5 Å². The third-order valence-electron chi connectivity index (χ3n) is 4.58. The molecule has 0 aromatic heterocycles. The molecule has 23 heavy (non-hydrogen) atoms. The molecule has 1 aromatic rings. The molecule has 0 unspecified atom stereocenters. The maximum atomic E-state index is 11.4. The van der Waals surface area contributed by atoms with Crippen molar-refractivity contribution in [2.45, 2.75) is 38.3 Å². The van der Waals surface area contributed by atoms with E-state index in [1.165, 1.54) is 6.26 Å². The first-order chi connectivity index (χ1) is 10.7. The Hall–Kier alpha value is -0.950. The zero-order chi connectivity index (χ0) is 17.1. The SMILES string of the molecule is CC(C)[C@](O)(CN1CCC[C@@H](NS(C)(=O)=O)C1)c1ccccc1. The van der Waals surface area contributed by atoms with Gasteiger partial charge in [-0.05, 0) is 30.9 Å². The Labute approximate surface area is 139 Å². The van der Waals surface area contributed by atoms with Gasteiger partial charge in [-0.25, -0.2) is 13.1 Å². The van der Waals surface area contributed by atoms with Gasteiger partial charge in [0.1, 0.15) is 5.60 Å². The van der Waals surface area contributed by atoms with Crippen molar-refractivity contribution in [1.29, 1.82) is 0 Å². The fraction of sp³-hybridized carbons (Fsp3) is 0.647. The Kier molecular flexibility index (Phi) is 5.84. The van der Waals surface area contributed by atoms with Crippen molar-refractivity contribution in [2.24, 2.45) is 5.92 Å².